The Labute approximate surface area is 209 Å². The molecule has 2 fully saturated rings. The second-order valence-corrected chi connectivity index (χ2v) is 10.6. The van der Waals surface area contributed by atoms with E-state index in [4.69, 9.17) is 0 Å². The largest absolute Gasteiger partial charge is 0.488 e. The quantitative estimate of drug-likeness (QED) is 0.362. The average Bonchev–Trinajstić information content (AvgIpc) is 3.53. The van der Waals surface area contributed by atoms with Crippen molar-refractivity contribution in [3.63, 3.8) is 0 Å². The van der Waals surface area contributed by atoms with E-state index in [-0.39, 0.29) is 30.9 Å². The summed E-state index contributed by atoms with van der Waals surface area (Å²) in [5, 5.41) is 22.4. The molecule has 2 heterocycles. The zero-order valence-electron chi connectivity index (χ0n) is 20.4. The Balaban J connectivity index is 1.45. The molecule has 36 heavy (non-hydrogen) atoms. The van der Waals surface area contributed by atoms with Crippen LogP contribution in [0.25, 0.3) is 0 Å². The molecular formula is C26H32BF4N3O2. The highest BCUT2D eigenvalue weighted by molar-refractivity contribution is 6.58. The van der Waals surface area contributed by atoms with Crippen LogP contribution in [0.1, 0.15) is 48.9 Å². The van der Waals surface area contributed by atoms with Crippen molar-refractivity contribution in [1.82, 2.24) is 9.80 Å². The van der Waals surface area contributed by atoms with Crippen molar-refractivity contribution in [3.05, 3.63) is 58.7 Å². The van der Waals surface area contributed by atoms with Gasteiger partial charge in [0.2, 0.25) is 0 Å². The van der Waals surface area contributed by atoms with Crippen LogP contribution < -0.4 is 10.8 Å². The smallest absolute Gasteiger partial charge is 0.423 e. The number of alkyl halides is 2. The van der Waals surface area contributed by atoms with Crippen LogP contribution in [0.3, 0.4) is 0 Å². The third-order valence-corrected chi connectivity index (χ3v) is 7.72. The maximum absolute atomic E-state index is 15.6. The lowest BCUT2D eigenvalue weighted by atomic mass is 9.75. The highest BCUT2D eigenvalue weighted by Crippen LogP contribution is 2.46. The molecule has 2 aromatic carbocycles. The highest BCUT2D eigenvalue weighted by Gasteiger charge is 2.48. The highest BCUT2D eigenvalue weighted by atomic mass is 19.1. The monoisotopic (exact) mass is 505 g/mol. The molecule has 0 spiro atoms. The summed E-state index contributed by atoms with van der Waals surface area (Å²) in [6.45, 7) is 3.65. The van der Waals surface area contributed by atoms with Gasteiger partial charge in [-0.05, 0) is 61.3 Å². The average molecular weight is 505 g/mol. The molecule has 5 rings (SSSR count). The van der Waals surface area contributed by atoms with Crippen molar-refractivity contribution < 1.29 is 27.6 Å². The van der Waals surface area contributed by atoms with Crippen LogP contribution >= 0.6 is 0 Å². The maximum atomic E-state index is 15.6. The number of fused-ring (bicyclic) bond motifs is 1. The molecule has 0 bridgehead atoms. The first kappa shape index (κ1) is 25.5. The topological polar surface area (TPSA) is 59.0 Å². The van der Waals surface area contributed by atoms with Gasteiger partial charge in [0.15, 0.2) is 0 Å². The normalized spacial score (nSPS) is 23.8. The van der Waals surface area contributed by atoms with Crippen LogP contribution in [0.4, 0.5) is 23.2 Å². The molecule has 3 aliphatic rings. The Kier molecular flexibility index (Phi) is 7.06. The number of benzene rings is 2. The van der Waals surface area contributed by atoms with Gasteiger partial charge in [-0.3, -0.25) is 14.2 Å². The lowest BCUT2D eigenvalue weighted by Crippen LogP contribution is -2.54. The van der Waals surface area contributed by atoms with E-state index in [2.05, 4.69) is 10.2 Å². The van der Waals surface area contributed by atoms with Gasteiger partial charge in [0.1, 0.15) is 17.3 Å². The van der Waals surface area contributed by atoms with E-state index in [1.807, 2.05) is 11.8 Å². The molecule has 1 aliphatic carbocycles. The lowest BCUT2D eigenvalue weighted by molar-refractivity contribution is 0.0948. The number of rotatable bonds is 9. The molecule has 1 saturated carbocycles. The Bertz CT molecular complexity index is 1090. The van der Waals surface area contributed by atoms with E-state index in [9.17, 15) is 18.8 Å². The van der Waals surface area contributed by atoms with Gasteiger partial charge in [-0.25, -0.2) is 13.2 Å². The number of halogens is 4. The van der Waals surface area contributed by atoms with Crippen molar-refractivity contribution in [2.24, 2.45) is 0 Å². The Morgan fingerprint density at radius 2 is 1.81 bits per heavy atom. The maximum Gasteiger partial charge on any atom is 0.488 e. The van der Waals surface area contributed by atoms with Gasteiger partial charge < -0.3 is 15.4 Å². The summed E-state index contributed by atoms with van der Waals surface area (Å²) in [7, 11) is -1.65. The minimum absolute atomic E-state index is 0.0331. The molecule has 2 aromatic rings. The number of nitrogens with one attached hydrogen (secondary N) is 1. The number of likely N-dealkylation sites (tertiary alicyclic amines) is 1. The summed E-state index contributed by atoms with van der Waals surface area (Å²) in [4.78, 5) is 3.92. The van der Waals surface area contributed by atoms with Crippen LogP contribution in [-0.4, -0.2) is 77.6 Å². The molecule has 2 aliphatic heterocycles. The summed E-state index contributed by atoms with van der Waals surface area (Å²) in [5.74, 6) is -1.42. The van der Waals surface area contributed by atoms with E-state index >= 15 is 8.78 Å². The van der Waals surface area contributed by atoms with Gasteiger partial charge >= 0.3 is 7.12 Å². The molecule has 5 nitrogen and oxygen atoms in total. The third-order valence-electron chi connectivity index (χ3n) is 7.72. The molecule has 1 saturated heterocycles. The fourth-order valence-corrected chi connectivity index (χ4v) is 5.58. The summed E-state index contributed by atoms with van der Waals surface area (Å²) in [6, 6.07) is 6.41. The van der Waals surface area contributed by atoms with Crippen molar-refractivity contribution in [1.29, 1.82) is 0 Å². The third kappa shape index (κ3) is 5.14. The molecule has 3 N–H and O–H groups in total. The van der Waals surface area contributed by atoms with Gasteiger partial charge in [0, 0.05) is 43.5 Å². The van der Waals surface area contributed by atoms with E-state index in [0.29, 0.717) is 62.0 Å². The van der Waals surface area contributed by atoms with Crippen molar-refractivity contribution in [2.45, 2.75) is 56.4 Å². The molecule has 2 atom stereocenters. The zero-order valence-corrected chi connectivity index (χ0v) is 20.4. The second kappa shape index (κ2) is 9.97. The fraction of sp³-hybridized carbons (Fsp3) is 0.538. The van der Waals surface area contributed by atoms with Crippen molar-refractivity contribution in [3.8, 4) is 0 Å². The first-order valence-electron chi connectivity index (χ1n) is 12.6. The van der Waals surface area contributed by atoms with E-state index < -0.39 is 30.5 Å². The number of hydrogen-bond acceptors (Lipinski definition) is 5. The SMILES string of the molecule is C[C@@H]1Cc2cc(B(O)O)ccc2[C@@H](c2c(F)cc(NC3CN(CCCF)C3)cc2F)N1CC1(F)CC1. The first-order valence-corrected chi connectivity index (χ1v) is 12.6. The molecule has 0 radical (unpaired) electrons. The standard InChI is InChI=1S/C26H32BF4N3O2/c1-16-9-17-10-18(27(35)36)3-4-21(17)25(34(16)15-26(31)5-6-26)24-22(29)11-19(12-23(24)30)32-20-13-33(14-20)8-2-7-28/h3-4,10-12,16,20,25,32,35-36H,2,5-9,13-15H2,1H3/t16-,25+/m1/s1. The summed E-state index contributed by atoms with van der Waals surface area (Å²) in [5.41, 5.74) is 0.566. The van der Waals surface area contributed by atoms with Crippen LogP contribution in [0.15, 0.2) is 30.3 Å². The van der Waals surface area contributed by atoms with Gasteiger partial charge in [-0.15, -0.1) is 0 Å². The van der Waals surface area contributed by atoms with Crippen LogP contribution in [-0.2, 0) is 6.42 Å². The van der Waals surface area contributed by atoms with Crippen molar-refractivity contribution >= 4 is 18.3 Å². The Hall–Kier alpha value is -2.14. The van der Waals surface area contributed by atoms with Crippen LogP contribution in [0.2, 0.25) is 0 Å². The van der Waals surface area contributed by atoms with Gasteiger partial charge in [-0.1, -0.05) is 18.2 Å². The molecule has 194 valence electrons. The Morgan fingerprint density at radius 1 is 1.11 bits per heavy atom. The number of hydrogen-bond donors (Lipinski definition) is 3. The molecule has 0 amide bonds. The lowest BCUT2D eigenvalue weighted by Gasteiger charge is -2.43. The predicted octanol–water partition coefficient (Wildman–Crippen LogP) is 2.94. The molecular weight excluding hydrogens is 473 g/mol. The summed E-state index contributed by atoms with van der Waals surface area (Å²) < 4.78 is 58.5. The fourth-order valence-electron chi connectivity index (χ4n) is 5.58. The Morgan fingerprint density at radius 3 is 2.42 bits per heavy atom. The summed E-state index contributed by atoms with van der Waals surface area (Å²) >= 11 is 0. The zero-order chi connectivity index (χ0) is 25.6. The minimum atomic E-state index is -1.65. The van der Waals surface area contributed by atoms with Gasteiger partial charge in [0.25, 0.3) is 0 Å². The first-order chi connectivity index (χ1) is 17.2. The number of nitrogens with zero attached hydrogens (tertiary/aromatic N) is 2. The van der Waals surface area contributed by atoms with E-state index in [1.54, 1.807) is 12.1 Å². The molecule has 10 heteroatoms. The van der Waals surface area contributed by atoms with Gasteiger partial charge in [0.05, 0.1) is 18.8 Å². The van der Waals surface area contributed by atoms with E-state index in [1.165, 1.54) is 18.2 Å². The van der Waals surface area contributed by atoms with Crippen LogP contribution in [0, 0.1) is 11.6 Å². The minimum Gasteiger partial charge on any atom is -0.423 e. The van der Waals surface area contributed by atoms with E-state index in [0.717, 1.165) is 5.56 Å². The van der Waals surface area contributed by atoms with Gasteiger partial charge in [-0.2, -0.15) is 0 Å². The molecule has 0 aromatic heterocycles. The summed E-state index contributed by atoms with van der Waals surface area (Å²) in [6.07, 6.45) is 1.85. The second-order valence-electron chi connectivity index (χ2n) is 10.6. The van der Waals surface area contributed by atoms with Crippen molar-refractivity contribution in [2.75, 3.05) is 38.2 Å². The van der Waals surface area contributed by atoms with Crippen LogP contribution in [0.5, 0.6) is 0 Å². The number of anilines is 1. The predicted molar refractivity (Wildman–Crippen MR) is 132 cm³/mol. The molecule has 0 unspecified atom stereocenters.